The highest BCUT2D eigenvalue weighted by molar-refractivity contribution is 5.98. The molecule has 166 valence electrons. The van der Waals surface area contributed by atoms with Crippen LogP contribution in [0.3, 0.4) is 0 Å². The van der Waals surface area contributed by atoms with E-state index in [1.165, 1.54) is 0 Å². The molecule has 1 saturated carbocycles. The van der Waals surface area contributed by atoms with Crippen LogP contribution in [0.15, 0.2) is 30.3 Å². The number of hydrogen-bond acceptors (Lipinski definition) is 2. The van der Waals surface area contributed by atoms with Crippen molar-refractivity contribution in [1.29, 1.82) is 0 Å². The van der Waals surface area contributed by atoms with Crippen LogP contribution in [0.25, 0.3) is 10.9 Å². The molecule has 3 aliphatic rings. The fourth-order valence-electron chi connectivity index (χ4n) is 6.37. The van der Waals surface area contributed by atoms with Gasteiger partial charge in [0, 0.05) is 50.0 Å². The lowest BCUT2D eigenvalue weighted by Crippen LogP contribution is -2.45. The van der Waals surface area contributed by atoms with E-state index in [2.05, 4.69) is 44.7 Å². The Balaban J connectivity index is 1.24. The van der Waals surface area contributed by atoms with E-state index in [0.717, 1.165) is 62.0 Å². The van der Waals surface area contributed by atoms with Gasteiger partial charge in [0.15, 0.2) is 0 Å². The Morgan fingerprint density at radius 3 is 2.06 bits per heavy atom. The number of piperidine rings is 1. The van der Waals surface area contributed by atoms with Crippen molar-refractivity contribution in [3.63, 3.8) is 0 Å². The third kappa shape index (κ3) is 2.95. The summed E-state index contributed by atoms with van der Waals surface area (Å²) in [6.07, 6.45) is 3.05. The molecule has 2 aliphatic heterocycles. The topological polar surface area (TPSA) is 45.6 Å². The van der Waals surface area contributed by atoms with Crippen molar-refractivity contribution in [1.82, 2.24) is 14.4 Å². The Morgan fingerprint density at radius 2 is 1.48 bits per heavy atom. The minimum Gasteiger partial charge on any atom is -0.342 e. The number of carbonyl (C=O) groups is 2. The molecule has 0 unspecified atom stereocenters. The molecule has 2 aromatic rings. The smallest absolute Gasteiger partial charge is 0.270 e. The molecule has 2 amide bonds. The quantitative estimate of drug-likeness (QED) is 0.725. The number of likely N-dealkylation sites (tertiary alicyclic amines) is 2. The van der Waals surface area contributed by atoms with Gasteiger partial charge in [-0.05, 0) is 47.6 Å². The van der Waals surface area contributed by atoms with Crippen LogP contribution in [-0.4, -0.2) is 52.4 Å². The first-order valence-electron chi connectivity index (χ1n) is 11.7. The number of fused-ring (bicyclic) bond motifs is 1. The lowest BCUT2D eigenvalue weighted by atomic mass is 9.77. The van der Waals surface area contributed by atoms with Crippen LogP contribution in [-0.2, 0) is 11.8 Å². The molecule has 1 aromatic heterocycles. The average Bonchev–Trinajstić information content (AvgIpc) is 3.09. The van der Waals surface area contributed by atoms with E-state index in [4.69, 9.17) is 0 Å². The summed E-state index contributed by atoms with van der Waals surface area (Å²) in [5.41, 5.74) is 2.23. The van der Waals surface area contributed by atoms with Crippen LogP contribution >= 0.6 is 0 Å². The van der Waals surface area contributed by atoms with Crippen LogP contribution in [0.1, 0.15) is 57.4 Å². The number of aromatic nitrogens is 1. The first-order valence-corrected chi connectivity index (χ1v) is 11.7. The number of hydrogen-bond donors (Lipinski definition) is 0. The van der Waals surface area contributed by atoms with Crippen molar-refractivity contribution >= 4 is 22.7 Å². The summed E-state index contributed by atoms with van der Waals surface area (Å²) in [7, 11) is 1.97. The molecule has 1 spiro atoms. The second kappa shape index (κ2) is 6.60. The standard InChI is InChI=1S/C26H35N3O2/c1-24(2)21(25(24,3)4)23(31)29-15-12-26(17-29)10-13-28(14-11-26)22(30)20-16-18-8-6-7-9-19(18)27(20)5/h6-9,16,21H,10-15,17H2,1-5H3. The largest absolute Gasteiger partial charge is 0.342 e. The number of aryl methyl sites for hydroxylation is 1. The molecule has 3 fully saturated rings. The second-order valence-electron chi connectivity index (χ2n) is 11.3. The number of carbonyl (C=O) groups excluding carboxylic acids is 2. The molecular formula is C26H35N3O2. The fraction of sp³-hybridized carbons (Fsp3) is 0.615. The molecule has 2 saturated heterocycles. The van der Waals surface area contributed by atoms with Gasteiger partial charge in [0.05, 0.1) is 0 Å². The maximum Gasteiger partial charge on any atom is 0.270 e. The van der Waals surface area contributed by atoms with Gasteiger partial charge in [0.1, 0.15) is 5.69 Å². The number of para-hydroxylation sites is 1. The van der Waals surface area contributed by atoms with Crippen molar-refractivity contribution in [2.24, 2.45) is 29.2 Å². The molecule has 0 atom stereocenters. The highest BCUT2D eigenvalue weighted by Gasteiger charge is 2.69. The number of nitrogens with zero attached hydrogens (tertiary/aromatic N) is 3. The zero-order valence-electron chi connectivity index (χ0n) is 19.6. The average molecular weight is 422 g/mol. The highest BCUT2D eigenvalue weighted by atomic mass is 16.2. The predicted octanol–water partition coefficient (Wildman–Crippen LogP) is 4.32. The molecule has 5 rings (SSSR count). The van der Waals surface area contributed by atoms with E-state index in [9.17, 15) is 9.59 Å². The Labute approximate surface area is 185 Å². The van der Waals surface area contributed by atoms with Gasteiger partial charge in [-0.2, -0.15) is 0 Å². The van der Waals surface area contributed by atoms with E-state index >= 15 is 0 Å². The molecule has 31 heavy (non-hydrogen) atoms. The Bertz CT molecular complexity index is 1040. The van der Waals surface area contributed by atoms with Gasteiger partial charge < -0.3 is 14.4 Å². The monoisotopic (exact) mass is 421 g/mol. The summed E-state index contributed by atoms with van der Waals surface area (Å²) in [6.45, 7) is 12.2. The van der Waals surface area contributed by atoms with E-state index in [0.29, 0.717) is 5.91 Å². The first-order chi connectivity index (χ1) is 14.6. The van der Waals surface area contributed by atoms with Gasteiger partial charge in [-0.15, -0.1) is 0 Å². The van der Waals surface area contributed by atoms with Crippen molar-refractivity contribution < 1.29 is 9.59 Å². The summed E-state index contributed by atoms with van der Waals surface area (Å²) < 4.78 is 2.01. The molecule has 3 heterocycles. The molecule has 5 heteroatoms. The van der Waals surface area contributed by atoms with E-state index in [-0.39, 0.29) is 28.1 Å². The maximum absolute atomic E-state index is 13.2. The summed E-state index contributed by atoms with van der Waals surface area (Å²) >= 11 is 0. The Hall–Kier alpha value is -2.30. The SMILES string of the molecule is Cn1c(C(=O)N2CCC3(CC2)CCN(C(=O)C2C(C)(C)C2(C)C)C3)cc2ccccc21. The van der Waals surface area contributed by atoms with E-state index in [1.54, 1.807) is 0 Å². The van der Waals surface area contributed by atoms with Crippen LogP contribution in [0.4, 0.5) is 0 Å². The van der Waals surface area contributed by atoms with Crippen LogP contribution in [0.2, 0.25) is 0 Å². The van der Waals surface area contributed by atoms with Crippen molar-refractivity contribution in [2.45, 2.75) is 47.0 Å². The van der Waals surface area contributed by atoms with Gasteiger partial charge in [0.2, 0.25) is 5.91 Å². The molecule has 0 radical (unpaired) electrons. The summed E-state index contributed by atoms with van der Waals surface area (Å²) in [5.74, 6) is 0.616. The molecule has 0 bridgehead atoms. The fourth-order valence-corrected chi connectivity index (χ4v) is 6.37. The second-order valence-corrected chi connectivity index (χ2v) is 11.3. The molecular weight excluding hydrogens is 386 g/mol. The van der Waals surface area contributed by atoms with Crippen LogP contribution in [0.5, 0.6) is 0 Å². The van der Waals surface area contributed by atoms with Crippen molar-refractivity contribution in [3.8, 4) is 0 Å². The van der Waals surface area contributed by atoms with Gasteiger partial charge in [-0.3, -0.25) is 9.59 Å². The number of amides is 2. The summed E-state index contributed by atoms with van der Waals surface area (Å²) in [6, 6.07) is 10.2. The third-order valence-corrected chi connectivity index (χ3v) is 9.30. The van der Waals surface area contributed by atoms with Crippen LogP contribution < -0.4 is 0 Å². The van der Waals surface area contributed by atoms with E-state index < -0.39 is 0 Å². The summed E-state index contributed by atoms with van der Waals surface area (Å²) in [4.78, 5) is 30.6. The molecule has 1 aromatic carbocycles. The van der Waals surface area contributed by atoms with Crippen molar-refractivity contribution in [2.75, 3.05) is 26.2 Å². The molecule has 5 nitrogen and oxygen atoms in total. The number of rotatable bonds is 2. The number of benzene rings is 1. The normalized spacial score (nSPS) is 24.2. The van der Waals surface area contributed by atoms with Gasteiger partial charge >= 0.3 is 0 Å². The van der Waals surface area contributed by atoms with Crippen LogP contribution in [0, 0.1) is 22.2 Å². The minimum atomic E-state index is 0.0915. The van der Waals surface area contributed by atoms with Gasteiger partial charge in [-0.1, -0.05) is 45.9 Å². The zero-order chi connectivity index (χ0) is 22.2. The van der Waals surface area contributed by atoms with Crippen molar-refractivity contribution in [3.05, 3.63) is 36.0 Å². The lowest BCUT2D eigenvalue weighted by molar-refractivity contribution is -0.133. The van der Waals surface area contributed by atoms with E-state index in [1.807, 2.05) is 34.7 Å². The predicted molar refractivity (Wildman–Crippen MR) is 123 cm³/mol. The zero-order valence-corrected chi connectivity index (χ0v) is 19.6. The third-order valence-electron chi connectivity index (χ3n) is 9.30. The highest BCUT2D eigenvalue weighted by Crippen LogP contribution is 2.69. The minimum absolute atomic E-state index is 0.0915. The summed E-state index contributed by atoms with van der Waals surface area (Å²) in [5, 5.41) is 1.11. The Morgan fingerprint density at radius 1 is 0.903 bits per heavy atom. The first kappa shape index (κ1) is 20.6. The lowest BCUT2D eigenvalue weighted by Gasteiger charge is -2.39. The molecule has 0 N–H and O–H groups in total. The van der Waals surface area contributed by atoms with Gasteiger partial charge in [0.25, 0.3) is 5.91 Å². The molecule has 1 aliphatic carbocycles. The maximum atomic E-state index is 13.2. The Kier molecular flexibility index (Phi) is 4.38. The van der Waals surface area contributed by atoms with Gasteiger partial charge in [-0.25, -0.2) is 0 Å².